The fourth-order valence-corrected chi connectivity index (χ4v) is 6.76. The molecule has 222 valence electrons. The maximum absolute atomic E-state index is 14.0. The summed E-state index contributed by atoms with van der Waals surface area (Å²) in [7, 11) is 7.15. The van der Waals surface area contributed by atoms with Gasteiger partial charge in [0, 0.05) is 30.8 Å². The number of aromatic hydroxyl groups is 1. The van der Waals surface area contributed by atoms with Crippen molar-refractivity contribution in [3.05, 3.63) is 51.3 Å². The topological polar surface area (TPSA) is 185 Å². The van der Waals surface area contributed by atoms with Crippen LogP contribution in [0.25, 0.3) is 5.76 Å². The van der Waals surface area contributed by atoms with Gasteiger partial charge in [-0.15, -0.1) is 0 Å². The van der Waals surface area contributed by atoms with Gasteiger partial charge in [-0.25, -0.2) is 0 Å². The average molecular weight is 569 g/mol. The van der Waals surface area contributed by atoms with Crippen LogP contribution in [0.3, 0.4) is 0 Å². The van der Waals surface area contributed by atoms with Gasteiger partial charge in [-0.2, -0.15) is 0 Å². The summed E-state index contributed by atoms with van der Waals surface area (Å²) in [5.74, 6) is -6.77. The van der Waals surface area contributed by atoms with Crippen LogP contribution in [0.4, 0.5) is 5.69 Å². The smallest absolute Gasteiger partial charge is 0.255 e. The number of likely N-dealkylation sites (N-methyl/N-ethyl adjacent to an activating group) is 2. The van der Waals surface area contributed by atoms with E-state index >= 15 is 0 Å². The van der Waals surface area contributed by atoms with E-state index < -0.39 is 58.0 Å². The number of primary amides is 1. The van der Waals surface area contributed by atoms with Crippen molar-refractivity contribution in [1.82, 2.24) is 10.2 Å². The minimum absolute atomic E-state index is 0.0342. The molecule has 0 radical (unpaired) electrons. The molecule has 0 aromatic heterocycles. The van der Waals surface area contributed by atoms with Crippen LogP contribution in [-0.2, 0) is 20.8 Å². The van der Waals surface area contributed by atoms with Crippen molar-refractivity contribution in [2.75, 3.05) is 40.1 Å². The molecule has 1 saturated carbocycles. The maximum atomic E-state index is 14.0. The molecule has 1 aromatic carbocycles. The highest BCUT2D eigenvalue weighted by atomic mass is 16.3. The molecule has 3 aliphatic carbocycles. The van der Waals surface area contributed by atoms with E-state index in [2.05, 4.69) is 21.6 Å². The van der Waals surface area contributed by atoms with Gasteiger partial charge in [0.25, 0.3) is 5.91 Å². The number of amides is 1. The summed E-state index contributed by atoms with van der Waals surface area (Å²) in [4.78, 5) is 41.1. The van der Waals surface area contributed by atoms with Crippen LogP contribution < -0.4 is 16.4 Å². The minimum Gasteiger partial charge on any atom is -0.508 e. The maximum Gasteiger partial charge on any atom is 0.255 e. The Bertz CT molecular complexity index is 1410. The summed E-state index contributed by atoms with van der Waals surface area (Å²) < 4.78 is 0. The van der Waals surface area contributed by atoms with Crippen molar-refractivity contribution in [3.63, 3.8) is 0 Å². The Kier molecular flexibility index (Phi) is 8.10. The van der Waals surface area contributed by atoms with Crippen LogP contribution in [0.5, 0.6) is 5.75 Å². The fourth-order valence-electron chi connectivity index (χ4n) is 6.76. The predicted octanol–water partition coefficient (Wildman–Crippen LogP) is 1.67. The number of nitrogens with zero attached hydrogens (tertiary/aromatic N) is 1. The molecular formula is C30H40N4O7. The monoisotopic (exact) mass is 568 g/mol. The third-order valence-corrected chi connectivity index (χ3v) is 8.73. The molecule has 3 aliphatic rings. The Balaban J connectivity index is 1.86. The molecular weight excluding hydrogens is 528 g/mol. The van der Waals surface area contributed by atoms with E-state index in [4.69, 9.17) is 5.73 Å². The first-order chi connectivity index (χ1) is 19.2. The molecule has 1 fully saturated rings. The molecule has 11 heteroatoms. The Morgan fingerprint density at radius 1 is 1.24 bits per heavy atom. The number of carbonyl (C=O) groups is 3. The summed E-state index contributed by atoms with van der Waals surface area (Å²) in [6.07, 6.45) is 2.99. The second kappa shape index (κ2) is 11.0. The van der Waals surface area contributed by atoms with E-state index in [9.17, 15) is 34.8 Å². The molecule has 2 unspecified atom stereocenters. The van der Waals surface area contributed by atoms with E-state index in [0.29, 0.717) is 23.2 Å². The zero-order chi connectivity index (χ0) is 30.5. The standard InChI is InChI=1S/C30H40N4O7/c1-13(12-34(5)6)7-8-14(2)16-11-19(32-3)17-9-15-10-18-23(33-4)26(37)22(29(31)40)28(39)30(18,41)27(38)20(15)25(36)21(17)24(16)35/h7,11,14-15,18,23,32-33,35-36,39,41H,8-10,12H2,1-6H3,(H2,31,40)/b13-7+/t14?,15-,18-,23?,30-/m0/s1. The van der Waals surface area contributed by atoms with Crippen molar-refractivity contribution < 1.29 is 34.8 Å². The van der Waals surface area contributed by atoms with Crippen LogP contribution in [0.1, 0.15) is 49.3 Å². The molecule has 0 heterocycles. The number of aliphatic hydroxyl groups is 3. The highest BCUT2D eigenvalue weighted by Crippen LogP contribution is 2.53. The Labute approximate surface area is 239 Å². The number of allylic oxidation sites excluding steroid dienone is 1. The minimum atomic E-state index is -2.66. The first kappa shape index (κ1) is 30.3. The predicted molar refractivity (Wildman–Crippen MR) is 155 cm³/mol. The number of ketones is 2. The summed E-state index contributed by atoms with van der Waals surface area (Å²) in [6, 6.07) is 0.679. The number of nitrogens with two attached hydrogens (primary N) is 1. The number of aliphatic hydroxyl groups excluding tert-OH is 2. The highest BCUT2D eigenvalue weighted by Gasteiger charge is 2.63. The number of hydrogen-bond donors (Lipinski definition) is 7. The van der Waals surface area contributed by atoms with E-state index in [-0.39, 0.29) is 35.6 Å². The third kappa shape index (κ3) is 4.71. The second-order valence-corrected chi connectivity index (χ2v) is 11.7. The quantitative estimate of drug-likeness (QED) is 0.138. The van der Waals surface area contributed by atoms with Gasteiger partial charge in [0.05, 0.1) is 11.6 Å². The van der Waals surface area contributed by atoms with E-state index in [1.807, 2.05) is 34.0 Å². The van der Waals surface area contributed by atoms with Gasteiger partial charge in [0.15, 0.2) is 11.4 Å². The highest BCUT2D eigenvalue weighted by molar-refractivity contribution is 6.24. The number of hydrogen-bond acceptors (Lipinski definition) is 10. The number of anilines is 1. The van der Waals surface area contributed by atoms with Gasteiger partial charge in [0.2, 0.25) is 5.78 Å². The molecule has 0 saturated heterocycles. The number of Topliss-reactive ketones (excluding diaryl/α,β-unsaturated/α-hetero) is 2. The van der Waals surface area contributed by atoms with Crippen LogP contribution in [-0.4, -0.2) is 89.2 Å². The van der Waals surface area contributed by atoms with Gasteiger partial charge in [-0.05, 0) is 76.4 Å². The largest absolute Gasteiger partial charge is 0.508 e. The Hall–Kier alpha value is -3.67. The van der Waals surface area contributed by atoms with E-state index in [0.717, 1.165) is 6.54 Å². The van der Waals surface area contributed by atoms with Gasteiger partial charge >= 0.3 is 0 Å². The van der Waals surface area contributed by atoms with Crippen molar-refractivity contribution in [2.45, 2.75) is 50.7 Å². The lowest BCUT2D eigenvalue weighted by Crippen LogP contribution is -2.65. The summed E-state index contributed by atoms with van der Waals surface area (Å²) in [6.45, 7) is 4.79. The van der Waals surface area contributed by atoms with Crippen molar-refractivity contribution in [2.24, 2.45) is 17.6 Å². The first-order valence-corrected chi connectivity index (χ1v) is 13.7. The molecule has 0 bridgehead atoms. The van der Waals surface area contributed by atoms with Crippen LogP contribution >= 0.6 is 0 Å². The lowest BCUT2D eigenvalue weighted by molar-refractivity contribution is -0.150. The first-order valence-electron chi connectivity index (χ1n) is 13.7. The molecule has 1 aromatic rings. The lowest BCUT2D eigenvalue weighted by atomic mass is 9.57. The summed E-state index contributed by atoms with van der Waals surface area (Å²) in [5.41, 5.74) is 4.78. The van der Waals surface area contributed by atoms with E-state index in [1.54, 1.807) is 7.05 Å². The van der Waals surface area contributed by atoms with Crippen LogP contribution in [0.15, 0.2) is 34.6 Å². The average Bonchev–Trinajstić information content (AvgIpc) is 2.89. The number of nitrogens with one attached hydrogen (secondary N) is 2. The molecule has 0 spiro atoms. The van der Waals surface area contributed by atoms with Gasteiger partial charge < -0.3 is 41.7 Å². The van der Waals surface area contributed by atoms with Crippen molar-refractivity contribution in [3.8, 4) is 5.75 Å². The van der Waals surface area contributed by atoms with Crippen LogP contribution in [0, 0.1) is 11.8 Å². The lowest BCUT2D eigenvalue weighted by Gasteiger charge is -2.49. The second-order valence-electron chi connectivity index (χ2n) is 11.7. The summed E-state index contributed by atoms with van der Waals surface area (Å²) >= 11 is 0. The zero-order valence-electron chi connectivity index (χ0n) is 24.3. The summed E-state index contributed by atoms with van der Waals surface area (Å²) in [5, 5.41) is 51.5. The Morgan fingerprint density at radius 2 is 1.90 bits per heavy atom. The fraction of sp³-hybridized carbons (Fsp3) is 0.500. The number of carbonyl (C=O) groups excluding carboxylic acids is 3. The molecule has 1 amide bonds. The number of rotatable bonds is 8. The SMILES string of the molecule is CNc1cc(C(C)C/C=C(\C)CN(C)C)c(O)c2c1C[C@H]1C[C@H]3C(NC)C(=O)C(C(N)=O)=C(O)[C@@]3(O)C(=O)C1=C2O. The van der Waals surface area contributed by atoms with Gasteiger partial charge in [0.1, 0.15) is 22.8 Å². The zero-order valence-corrected chi connectivity index (χ0v) is 24.3. The molecule has 8 N–H and O–H groups in total. The number of phenolic OH excluding ortho intramolecular Hbond substituents is 1. The molecule has 5 atom stereocenters. The van der Waals surface area contributed by atoms with Gasteiger partial charge in [-0.1, -0.05) is 18.6 Å². The normalized spacial score (nSPS) is 27.0. The number of benzene rings is 1. The number of fused-ring (bicyclic) bond motifs is 3. The number of phenols is 1. The Morgan fingerprint density at radius 3 is 2.46 bits per heavy atom. The molecule has 0 aliphatic heterocycles. The molecule has 41 heavy (non-hydrogen) atoms. The van der Waals surface area contributed by atoms with Crippen LogP contribution in [0.2, 0.25) is 0 Å². The molecule has 11 nitrogen and oxygen atoms in total. The van der Waals surface area contributed by atoms with E-state index in [1.165, 1.54) is 12.6 Å². The van der Waals surface area contributed by atoms with Crippen molar-refractivity contribution >= 4 is 28.9 Å². The third-order valence-electron chi connectivity index (χ3n) is 8.73. The van der Waals surface area contributed by atoms with Crippen molar-refractivity contribution in [1.29, 1.82) is 0 Å². The molecule has 4 rings (SSSR count). The van der Waals surface area contributed by atoms with Gasteiger partial charge in [-0.3, -0.25) is 14.4 Å².